The molecule has 0 saturated carbocycles. The van der Waals surface area contributed by atoms with E-state index in [9.17, 15) is 9.90 Å². The minimum absolute atomic E-state index is 0.588. The fourth-order valence-electron chi connectivity index (χ4n) is 1.86. The quantitative estimate of drug-likeness (QED) is 0.935. The van der Waals surface area contributed by atoms with E-state index in [1.165, 1.54) is 11.3 Å². The Balaban J connectivity index is 2.34. The fraction of sp³-hybridized carbons (Fsp3) is 0.333. The number of thiazole rings is 1. The number of carboxylic acid groups (broad SMARTS) is 1. The van der Waals surface area contributed by atoms with E-state index >= 15 is 0 Å². The first kappa shape index (κ1) is 14.5. The van der Waals surface area contributed by atoms with Gasteiger partial charge in [-0.1, -0.05) is 18.2 Å². The molecular formula is C15H18N2O2S. The van der Waals surface area contributed by atoms with Gasteiger partial charge in [0.2, 0.25) is 0 Å². The third-order valence-corrected chi connectivity index (χ3v) is 4.35. The number of para-hydroxylation sites is 1. The first-order valence-corrected chi connectivity index (χ1v) is 7.20. The summed E-state index contributed by atoms with van der Waals surface area (Å²) in [6, 6.07) is 8.04. The second-order valence-electron chi connectivity index (χ2n) is 5.29. The minimum atomic E-state index is -0.971. The lowest BCUT2D eigenvalue weighted by molar-refractivity contribution is -0.142. The van der Waals surface area contributed by atoms with Crippen molar-refractivity contribution in [3.05, 3.63) is 40.9 Å². The number of anilines is 2. The molecular weight excluding hydrogens is 272 g/mol. The Morgan fingerprint density at radius 3 is 2.60 bits per heavy atom. The topological polar surface area (TPSA) is 53.4 Å². The van der Waals surface area contributed by atoms with Crippen LogP contribution in [0.4, 0.5) is 10.8 Å². The molecule has 2 aromatic rings. The third kappa shape index (κ3) is 2.54. The number of nitrogens with zero attached hydrogens (tertiary/aromatic N) is 2. The van der Waals surface area contributed by atoms with E-state index in [-0.39, 0.29) is 0 Å². The molecule has 0 radical (unpaired) electrons. The van der Waals surface area contributed by atoms with Gasteiger partial charge in [-0.25, -0.2) is 4.98 Å². The van der Waals surface area contributed by atoms with Gasteiger partial charge >= 0.3 is 5.97 Å². The molecule has 0 unspecified atom stereocenters. The van der Waals surface area contributed by atoms with Gasteiger partial charge in [0.15, 0.2) is 5.13 Å². The summed E-state index contributed by atoms with van der Waals surface area (Å²) in [5.74, 6) is -0.868. The van der Waals surface area contributed by atoms with Crippen LogP contribution in [0.1, 0.15) is 25.1 Å². The Kier molecular flexibility index (Phi) is 3.81. The molecule has 0 amide bonds. The molecule has 0 aliphatic carbocycles. The molecule has 5 heteroatoms. The van der Waals surface area contributed by atoms with Crippen molar-refractivity contribution in [2.24, 2.45) is 0 Å². The first-order chi connectivity index (χ1) is 9.34. The molecule has 0 fully saturated rings. The minimum Gasteiger partial charge on any atom is -0.481 e. The summed E-state index contributed by atoms with van der Waals surface area (Å²) in [4.78, 5) is 17.7. The van der Waals surface area contributed by atoms with Gasteiger partial charge in [0.05, 0.1) is 5.69 Å². The molecule has 20 heavy (non-hydrogen) atoms. The second kappa shape index (κ2) is 5.25. The maximum Gasteiger partial charge on any atom is 0.315 e. The normalized spacial score (nSPS) is 11.4. The predicted molar refractivity (Wildman–Crippen MR) is 82.0 cm³/mol. The molecule has 4 nitrogen and oxygen atoms in total. The van der Waals surface area contributed by atoms with Gasteiger partial charge < -0.3 is 10.0 Å². The number of hydrogen-bond donors (Lipinski definition) is 1. The number of benzene rings is 1. The largest absolute Gasteiger partial charge is 0.481 e. The zero-order valence-electron chi connectivity index (χ0n) is 12.0. The Morgan fingerprint density at radius 2 is 2.00 bits per heavy atom. The molecule has 106 valence electrons. The zero-order valence-corrected chi connectivity index (χ0v) is 12.9. The maximum absolute atomic E-state index is 11.3. The molecule has 2 rings (SSSR count). The average Bonchev–Trinajstić information content (AvgIpc) is 2.88. The molecule has 0 atom stereocenters. The number of carbonyl (C=O) groups is 1. The van der Waals surface area contributed by atoms with Crippen molar-refractivity contribution in [3.63, 3.8) is 0 Å². The highest BCUT2D eigenvalue weighted by molar-refractivity contribution is 7.13. The van der Waals surface area contributed by atoms with E-state index in [1.807, 2.05) is 48.5 Å². The monoisotopic (exact) mass is 290 g/mol. The van der Waals surface area contributed by atoms with Crippen LogP contribution in [0.2, 0.25) is 0 Å². The summed E-state index contributed by atoms with van der Waals surface area (Å²) in [5.41, 5.74) is 1.85. The number of aryl methyl sites for hydroxylation is 1. The number of carboxylic acids is 1. The average molecular weight is 290 g/mol. The Bertz CT molecular complexity index is 634. The van der Waals surface area contributed by atoms with Crippen LogP contribution >= 0.6 is 11.3 Å². The lowest BCUT2D eigenvalue weighted by atomic mass is 9.90. The second-order valence-corrected chi connectivity index (χ2v) is 6.13. The summed E-state index contributed by atoms with van der Waals surface area (Å²) in [5, 5.41) is 11.9. The van der Waals surface area contributed by atoms with E-state index in [1.54, 1.807) is 13.8 Å². The summed E-state index contributed by atoms with van der Waals surface area (Å²) in [6.07, 6.45) is 0. The van der Waals surface area contributed by atoms with Gasteiger partial charge in [-0.15, -0.1) is 11.3 Å². The summed E-state index contributed by atoms with van der Waals surface area (Å²) < 4.78 is 0. The molecule has 1 N–H and O–H groups in total. The Hall–Kier alpha value is -1.88. The van der Waals surface area contributed by atoms with E-state index in [2.05, 4.69) is 4.98 Å². The van der Waals surface area contributed by atoms with Crippen molar-refractivity contribution < 1.29 is 9.90 Å². The molecule has 0 saturated heterocycles. The summed E-state index contributed by atoms with van der Waals surface area (Å²) in [7, 11) is 1.94. The number of hydrogen-bond acceptors (Lipinski definition) is 4. The van der Waals surface area contributed by atoms with Gasteiger partial charge in [-0.2, -0.15) is 0 Å². The lowest BCUT2D eigenvalue weighted by Crippen LogP contribution is -2.29. The molecule has 1 aromatic heterocycles. The van der Waals surface area contributed by atoms with Gasteiger partial charge in [0, 0.05) is 18.1 Å². The highest BCUT2D eigenvalue weighted by atomic mass is 32.1. The van der Waals surface area contributed by atoms with Crippen molar-refractivity contribution in [1.29, 1.82) is 0 Å². The summed E-state index contributed by atoms with van der Waals surface area (Å²) in [6.45, 7) is 5.38. The number of aliphatic carboxylic acids is 1. The third-order valence-electron chi connectivity index (χ3n) is 3.43. The van der Waals surface area contributed by atoms with Gasteiger partial charge in [0.1, 0.15) is 5.41 Å². The van der Waals surface area contributed by atoms with E-state index in [0.29, 0.717) is 5.69 Å². The van der Waals surface area contributed by atoms with E-state index in [0.717, 1.165) is 16.4 Å². The van der Waals surface area contributed by atoms with Crippen LogP contribution in [-0.4, -0.2) is 23.1 Å². The zero-order chi connectivity index (χ0) is 14.9. The predicted octanol–water partition coefficient (Wildman–Crippen LogP) is 3.58. The van der Waals surface area contributed by atoms with Crippen molar-refractivity contribution in [1.82, 2.24) is 4.98 Å². The molecule has 1 aromatic carbocycles. The highest BCUT2D eigenvalue weighted by Gasteiger charge is 2.32. The molecule has 0 bridgehead atoms. The maximum atomic E-state index is 11.3. The molecule has 1 heterocycles. The van der Waals surface area contributed by atoms with Crippen LogP contribution < -0.4 is 4.90 Å². The van der Waals surface area contributed by atoms with Crippen molar-refractivity contribution >= 4 is 28.1 Å². The summed E-state index contributed by atoms with van der Waals surface area (Å²) >= 11 is 1.46. The Morgan fingerprint density at radius 1 is 1.35 bits per heavy atom. The first-order valence-electron chi connectivity index (χ1n) is 6.33. The van der Waals surface area contributed by atoms with Crippen LogP contribution in [-0.2, 0) is 10.2 Å². The number of aromatic nitrogens is 1. The molecule has 0 aliphatic rings. The smallest absolute Gasteiger partial charge is 0.315 e. The van der Waals surface area contributed by atoms with Crippen LogP contribution in [0.5, 0.6) is 0 Å². The SMILES string of the molecule is Cc1ccccc1N(C)c1nc(C(C)(C)C(=O)O)cs1. The lowest BCUT2D eigenvalue weighted by Gasteiger charge is -2.19. The van der Waals surface area contributed by atoms with Crippen LogP contribution in [0, 0.1) is 6.92 Å². The van der Waals surface area contributed by atoms with Crippen molar-refractivity contribution in [3.8, 4) is 0 Å². The van der Waals surface area contributed by atoms with Crippen LogP contribution in [0.25, 0.3) is 0 Å². The van der Waals surface area contributed by atoms with E-state index in [4.69, 9.17) is 0 Å². The number of rotatable bonds is 4. The van der Waals surface area contributed by atoms with Crippen LogP contribution in [0.15, 0.2) is 29.6 Å². The van der Waals surface area contributed by atoms with Crippen LogP contribution in [0.3, 0.4) is 0 Å². The van der Waals surface area contributed by atoms with Gasteiger partial charge in [-0.3, -0.25) is 4.79 Å². The molecule has 0 spiro atoms. The van der Waals surface area contributed by atoms with E-state index < -0.39 is 11.4 Å². The Labute approximate surface area is 122 Å². The van der Waals surface area contributed by atoms with Crippen molar-refractivity contribution in [2.75, 3.05) is 11.9 Å². The van der Waals surface area contributed by atoms with Gasteiger partial charge in [0.25, 0.3) is 0 Å². The van der Waals surface area contributed by atoms with Crippen molar-refractivity contribution in [2.45, 2.75) is 26.2 Å². The molecule has 0 aliphatic heterocycles. The fourth-order valence-corrected chi connectivity index (χ4v) is 2.83. The van der Waals surface area contributed by atoms with Gasteiger partial charge in [-0.05, 0) is 32.4 Å². The standard InChI is InChI=1S/C15H18N2O2S/c1-10-7-5-6-8-11(10)17(4)14-16-12(9-20-14)15(2,3)13(18)19/h5-9H,1-4H3,(H,18,19). The highest BCUT2D eigenvalue weighted by Crippen LogP contribution is 2.33.